The van der Waals surface area contributed by atoms with Crippen LogP contribution in [0.5, 0.6) is 11.6 Å². The number of piperidine rings is 1. The number of benzene rings is 1. The topological polar surface area (TPSA) is 49.1 Å². The largest absolute Gasteiger partial charge is 0.439 e. The fourth-order valence-corrected chi connectivity index (χ4v) is 2.74. The molecule has 22 heavy (non-hydrogen) atoms. The van der Waals surface area contributed by atoms with Gasteiger partial charge in [-0.25, -0.2) is 4.98 Å². The van der Waals surface area contributed by atoms with E-state index >= 15 is 0 Å². The van der Waals surface area contributed by atoms with E-state index < -0.39 is 0 Å². The second-order valence-electron chi connectivity index (χ2n) is 5.52. The Bertz CT molecular complexity index is 672. The first-order valence-corrected chi connectivity index (χ1v) is 7.70. The van der Waals surface area contributed by atoms with E-state index in [2.05, 4.69) is 16.0 Å². The van der Waals surface area contributed by atoms with Gasteiger partial charge in [-0.1, -0.05) is 30.7 Å². The molecule has 0 amide bonds. The van der Waals surface area contributed by atoms with E-state index in [4.69, 9.17) is 10.00 Å². The first-order valence-electron chi connectivity index (χ1n) is 7.70. The van der Waals surface area contributed by atoms with Crippen molar-refractivity contribution in [1.82, 2.24) is 9.88 Å². The van der Waals surface area contributed by atoms with Crippen molar-refractivity contribution in [3.63, 3.8) is 0 Å². The number of para-hydroxylation sites is 1. The highest BCUT2D eigenvalue weighted by molar-refractivity contribution is 5.37. The monoisotopic (exact) mass is 293 g/mol. The molecular formula is C18H19N3O. The Labute approximate surface area is 131 Å². The van der Waals surface area contributed by atoms with Crippen molar-refractivity contribution in [2.75, 3.05) is 13.1 Å². The molecule has 0 radical (unpaired) electrons. The maximum absolute atomic E-state index is 8.92. The fourth-order valence-electron chi connectivity index (χ4n) is 2.74. The summed E-state index contributed by atoms with van der Waals surface area (Å²) in [5.74, 6) is 1.28. The molecule has 0 aliphatic carbocycles. The summed E-state index contributed by atoms with van der Waals surface area (Å²) in [5, 5.41) is 8.92. The summed E-state index contributed by atoms with van der Waals surface area (Å²) in [5.41, 5.74) is 1.53. The Morgan fingerprint density at radius 1 is 1.05 bits per heavy atom. The minimum Gasteiger partial charge on any atom is -0.439 e. The van der Waals surface area contributed by atoms with Gasteiger partial charge < -0.3 is 4.74 Å². The highest BCUT2D eigenvalue weighted by Gasteiger charge is 2.13. The van der Waals surface area contributed by atoms with Gasteiger partial charge in [0.25, 0.3) is 0 Å². The lowest BCUT2D eigenvalue weighted by Gasteiger charge is -2.27. The molecule has 3 rings (SSSR count). The maximum atomic E-state index is 8.92. The van der Waals surface area contributed by atoms with Gasteiger partial charge in [-0.15, -0.1) is 0 Å². The Morgan fingerprint density at radius 2 is 1.86 bits per heavy atom. The van der Waals surface area contributed by atoms with Gasteiger partial charge in [-0.2, -0.15) is 5.26 Å². The third kappa shape index (κ3) is 3.63. The summed E-state index contributed by atoms with van der Waals surface area (Å²) in [6.45, 7) is 3.20. The summed E-state index contributed by atoms with van der Waals surface area (Å²) in [4.78, 5) is 6.64. The van der Waals surface area contributed by atoms with Crippen LogP contribution in [0.3, 0.4) is 0 Å². The second kappa shape index (κ2) is 7.06. The van der Waals surface area contributed by atoms with Crippen molar-refractivity contribution in [2.45, 2.75) is 25.8 Å². The molecule has 112 valence electrons. The minimum absolute atomic E-state index is 0.367. The number of ether oxygens (including phenoxy) is 1. The van der Waals surface area contributed by atoms with Crippen molar-refractivity contribution in [2.24, 2.45) is 0 Å². The quantitative estimate of drug-likeness (QED) is 0.861. The zero-order valence-corrected chi connectivity index (χ0v) is 12.5. The lowest BCUT2D eigenvalue weighted by Crippen LogP contribution is -2.29. The second-order valence-corrected chi connectivity index (χ2v) is 5.52. The van der Waals surface area contributed by atoms with Gasteiger partial charge in [-0.05, 0) is 38.1 Å². The Kier molecular flexibility index (Phi) is 4.67. The summed E-state index contributed by atoms with van der Waals surface area (Å²) >= 11 is 0. The van der Waals surface area contributed by atoms with Crippen molar-refractivity contribution >= 4 is 0 Å². The molecule has 1 fully saturated rings. The number of hydrogen-bond acceptors (Lipinski definition) is 4. The number of aromatic nitrogens is 1. The van der Waals surface area contributed by atoms with Crippen LogP contribution < -0.4 is 4.74 Å². The highest BCUT2D eigenvalue weighted by atomic mass is 16.5. The molecule has 0 atom stereocenters. The van der Waals surface area contributed by atoms with Crippen LogP contribution in [0.4, 0.5) is 0 Å². The van der Waals surface area contributed by atoms with Crippen LogP contribution in [0.2, 0.25) is 0 Å². The van der Waals surface area contributed by atoms with Crippen LogP contribution in [0.15, 0.2) is 42.5 Å². The lowest BCUT2D eigenvalue weighted by atomic mass is 10.1. The number of hydrogen-bond donors (Lipinski definition) is 0. The Morgan fingerprint density at radius 3 is 2.68 bits per heavy atom. The van der Waals surface area contributed by atoms with Crippen LogP contribution >= 0.6 is 0 Å². The van der Waals surface area contributed by atoms with Gasteiger partial charge in [-0.3, -0.25) is 4.90 Å². The van der Waals surface area contributed by atoms with Crippen LogP contribution in [-0.4, -0.2) is 23.0 Å². The van der Waals surface area contributed by atoms with Gasteiger partial charge in [0, 0.05) is 18.2 Å². The first-order chi connectivity index (χ1) is 10.8. The standard InChI is InChI=1S/C18H19N3O/c19-13-16-8-6-10-18(20-16)22-17-9-3-2-7-15(17)14-21-11-4-1-5-12-21/h2-3,6-10H,1,4-5,11-12,14H2. The molecule has 1 aliphatic rings. The number of nitrogens with zero attached hydrogens (tertiary/aromatic N) is 3. The normalized spacial score (nSPS) is 15.2. The van der Waals surface area contributed by atoms with Gasteiger partial charge in [0.1, 0.15) is 17.5 Å². The zero-order valence-electron chi connectivity index (χ0n) is 12.5. The van der Waals surface area contributed by atoms with Crippen molar-refractivity contribution < 1.29 is 4.74 Å². The number of nitriles is 1. The van der Waals surface area contributed by atoms with Gasteiger partial charge in [0.05, 0.1) is 0 Å². The zero-order chi connectivity index (χ0) is 15.2. The SMILES string of the molecule is N#Cc1cccc(Oc2ccccc2CN2CCCCC2)n1. The predicted octanol–water partition coefficient (Wildman–Crippen LogP) is 3.73. The van der Waals surface area contributed by atoms with Crippen LogP contribution in [-0.2, 0) is 6.54 Å². The number of pyridine rings is 1. The first kappa shape index (κ1) is 14.6. The molecule has 0 saturated carbocycles. The predicted molar refractivity (Wildman–Crippen MR) is 84.6 cm³/mol. The van der Waals surface area contributed by atoms with E-state index in [1.807, 2.05) is 24.3 Å². The van der Waals surface area contributed by atoms with Crippen molar-refractivity contribution in [1.29, 1.82) is 5.26 Å². The van der Waals surface area contributed by atoms with Crippen molar-refractivity contribution in [3.8, 4) is 17.7 Å². The van der Waals surface area contributed by atoms with Gasteiger partial charge >= 0.3 is 0 Å². The van der Waals surface area contributed by atoms with Crippen LogP contribution in [0, 0.1) is 11.3 Å². The summed E-state index contributed by atoms with van der Waals surface area (Å²) in [6, 6.07) is 15.3. The van der Waals surface area contributed by atoms with Gasteiger partial charge in [0.15, 0.2) is 0 Å². The fraction of sp³-hybridized carbons (Fsp3) is 0.333. The third-order valence-electron chi connectivity index (χ3n) is 3.87. The molecule has 2 aromatic rings. The van der Waals surface area contributed by atoms with Crippen molar-refractivity contribution in [3.05, 3.63) is 53.7 Å². The van der Waals surface area contributed by atoms with E-state index in [0.29, 0.717) is 11.6 Å². The Hall–Kier alpha value is -2.38. The minimum atomic E-state index is 0.367. The van der Waals surface area contributed by atoms with E-state index in [-0.39, 0.29) is 0 Å². The molecule has 4 heteroatoms. The molecule has 0 N–H and O–H groups in total. The molecule has 4 nitrogen and oxygen atoms in total. The average Bonchev–Trinajstić information content (AvgIpc) is 2.58. The summed E-state index contributed by atoms with van der Waals surface area (Å²) < 4.78 is 5.90. The molecule has 1 aromatic carbocycles. The lowest BCUT2D eigenvalue weighted by molar-refractivity contribution is 0.219. The molecule has 0 spiro atoms. The molecule has 1 aromatic heterocycles. The molecule has 0 bridgehead atoms. The highest BCUT2D eigenvalue weighted by Crippen LogP contribution is 2.26. The molecule has 2 heterocycles. The summed E-state index contributed by atoms with van der Waals surface area (Å²) in [7, 11) is 0. The molecule has 0 unspecified atom stereocenters. The van der Waals surface area contributed by atoms with Crippen LogP contribution in [0.1, 0.15) is 30.5 Å². The van der Waals surface area contributed by atoms with E-state index in [0.717, 1.165) is 30.9 Å². The van der Waals surface area contributed by atoms with Crippen LogP contribution in [0.25, 0.3) is 0 Å². The van der Waals surface area contributed by atoms with E-state index in [9.17, 15) is 0 Å². The third-order valence-corrected chi connectivity index (χ3v) is 3.87. The van der Waals surface area contributed by atoms with E-state index in [1.165, 1.54) is 19.3 Å². The number of rotatable bonds is 4. The van der Waals surface area contributed by atoms with Gasteiger partial charge in [0.2, 0.25) is 5.88 Å². The van der Waals surface area contributed by atoms with E-state index in [1.54, 1.807) is 18.2 Å². The average molecular weight is 293 g/mol. The molecule has 1 saturated heterocycles. The maximum Gasteiger partial charge on any atom is 0.220 e. The molecule has 1 aliphatic heterocycles. The smallest absolute Gasteiger partial charge is 0.220 e. The number of likely N-dealkylation sites (tertiary alicyclic amines) is 1. The molecular weight excluding hydrogens is 274 g/mol. The summed E-state index contributed by atoms with van der Waals surface area (Å²) in [6.07, 6.45) is 3.88. The Balaban J connectivity index is 1.77.